The SMILES string of the molecule is CNc1cc(NC)c(C(N)=O)cn1. The molecule has 0 aromatic carbocycles. The second-order valence-corrected chi connectivity index (χ2v) is 2.48. The smallest absolute Gasteiger partial charge is 0.252 e. The average molecular weight is 180 g/mol. The molecule has 0 aliphatic rings. The van der Waals surface area contributed by atoms with Crippen LogP contribution in [-0.4, -0.2) is 25.0 Å². The van der Waals surface area contributed by atoms with E-state index in [1.54, 1.807) is 20.2 Å². The van der Waals surface area contributed by atoms with Crippen LogP contribution in [0.5, 0.6) is 0 Å². The highest BCUT2D eigenvalue weighted by Crippen LogP contribution is 2.16. The van der Waals surface area contributed by atoms with Crippen LogP contribution in [0.4, 0.5) is 11.5 Å². The Balaban J connectivity index is 3.15. The van der Waals surface area contributed by atoms with Crippen molar-refractivity contribution in [3.05, 3.63) is 17.8 Å². The number of anilines is 2. The van der Waals surface area contributed by atoms with E-state index < -0.39 is 5.91 Å². The first-order valence-corrected chi connectivity index (χ1v) is 3.84. The number of carbonyl (C=O) groups excluding carboxylic acids is 1. The van der Waals surface area contributed by atoms with Gasteiger partial charge in [-0.05, 0) is 0 Å². The van der Waals surface area contributed by atoms with Gasteiger partial charge in [0.05, 0.1) is 11.3 Å². The van der Waals surface area contributed by atoms with Gasteiger partial charge in [-0.2, -0.15) is 0 Å². The second-order valence-electron chi connectivity index (χ2n) is 2.48. The minimum atomic E-state index is -0.487. The Morgan fingerprint density at radius 2 is 2.15 bits per heavy atom. The van der Waals surface area contributed by atoms with Crippen molar-refractivity contribution < 1.29 is 4.79 Å². The highest BCUT2D eigenvalue weighted by molar-refractivity contribution is 5.98. The van der Waals surface area contributed by atoms with E-state index in [4.69, 9.17) is 5.73 Å². The molecule has 0 spiro atoms. The molecule has 5 heteroatoms. The molecule has 4 N–H and O–H groups in total. The van der Waals surface area contributed by atoms with Crippen molar-refractivity contribution in [1.29, 1.82) is 0 Å². The number of nitrogens with two attached hydrogens (primary N) is 1. The van der Waals surface area contributed by atoms with Gasteiger partial charge in [-0.3, -0.25) is 4.79 Å². The number of pyridine rings is 1. The summed E-state index contributed by atoms with van der Waals surface area (Å²) in [6.45, 7) is 0. The molecule has 0 bridgehead atoms. The fraction of sp³-hybridized carbons (Fsp3) is 0.250. The Morgan fingerprint density at radius 3 is 2.62 bits per heavy atom. The molecule has 70 valence electrons. The van der Waals surface area contributed by atoms with Gasteiger partial charge < -0.3 is 16.4 Å². The minimum Gasteiger partial charge on any atom is -0.387 e. The molecule has 1 aromatic rings. The van der Waals surface area contributed by atoms with Crippen LogP contribution in [0.25, 0.3) is 0 Å². The number of nitrogens with one attached hydrogen (secondary N) is 2. The van der Waals surface area contributed by atoms with E-state index in [1.165, 1.54) is 6.20 Å². The fourth-order valence-electron chi connectivity index (χ4n) is 0.995. The molecule has 0 unspecified atom stereocenters. The molecule has 0 saturated heterocycles. The summed E-state index contributed by atoms with van der Waals surface area (Å²) >= 11 is 0. The lowest BCUT2D eigenvalue weighted by Gasteiger charge is -2.07. The standard InChI is InChI=1S/C8H12N4O/c1-10-6-3-7(11-2)12-4-5(6)8(9)13/h3-4H,1-2H3,(H2,9,13)(H2,10,11,12). The molecule has 0 radical (unpaired) electrons. The third kappa shape index (κ3) is 1.87. The van der Waals surface area contributed by atoms with Gasteiger partial charge >= 0.3 is 0 Å². The lowest BCUT2D eigenvalue weighted by Crippen LogP contribution is -2.14. The summed E-state index contributed by atoms with van der Waals surface area (Å²) in [4.78, 5) is 14.9. The van der Waals surface area contributed by atoms with Crippen molar-refractivity contribution >= 4 is 17.4 Å². The monoisotopic (exact) mass is 180 g/mol. The van der Waals surface area contributed by atoms with E-state index in [0.29, 0.717) is 17.1 Å². The summed E-state index contributed by atoms with van der Waals surface area (Å²) in [5, 5.41) is 5.74. The predicted molar refractivity (Wildman–Crippen MR) is 51.8 cm³/mol. The van der Waals surface area contributed by atoms with Gasteiger partial charge in [0, 0.05) is 26.4 Å². The molecule has 13 heavy (non-hydrogen) atoms. The van der Waals surface area contributed by atoms with Crippen molar-refractivity contribution in [2.24, 2.45) is 5.73 Å². The molecule has 0 saturated carbocycles. The van der Waals surface area contributed by atoms with Crippen LogP contribution in [0.2, 0.25) is 0 Å². The van der Waals surface area contributed by atoms with Crippen LogP contribution in [0.15, 0.2) is 12.3 Å². The molecule has 1 heterocycles. The first kappa shape index (κ1) is 9.31. The van der Waals surface area contributed by atoms with Crippen molar-refractivity contribution in [3.63, 3.8) is 0 Å². The summed E-state index contributed by atoms with van der Waals surface area (Å²) < 4.78 is 0. The van der Waals surface area contributed by atoms with E-state index in [0.717, 1.165) is 0 Å². The van der Waals surface area contributed by atoms with E-state index in [-0.39, 0.29) is 0 Å². The van der Waals surface area contributed by atoms with Crippen LogP contribution >= 0.6 is 0 Å². The van der Waals surface area contributed by atoms with Gasteiger partial charge in [0.1, 0.15) is 5.82 Å². The van der Waals surface area contributed by atoms with Crippen molar-refractivity contribution in [3.8, 4) is 0 Å². The fourth-order valence-corrected chi connectivity index (χ4v) is 0.995. The van der Waals surface area contributed by atoms with Gasteiger partial charge in [0.2, 0.25) is 0 Å². The molecule has 1 amide bonds. The molecule has 0 aliphatic heterocycles. The molecule has 5 nitrogen and oxygen atoms in total. The summed E-state index contributed by atoms with van der Waals surface area (Å²) in [6, 6.07) is 1.72. The van der Waals surface area contributed by atoms with Crippen LogP contribution in [-0.2, 0) is 0 Å². The molecule has 0 fully saturated rings. The summed E-state index contributed by atoms with van der Waals surface area (Å²) in [6.07, 6.45) is 1.44. The number of nitrogens with zero attached hydrogens (tertiary/aromatic N) is 1. The number of amides is 1. The lowest BCUT2D eigenvalue weighted by molar-refractivity contribution is 0.100. The maximum absolute atomic E-state index is 10.9. The molecule has 1 aromatic heterocycles. The number of hydrogen-bond donors (Lipinski definition) is 3. The van der Waals surface area contributed by atoms with E-state index in [9.17, 15) is 4.79 Å². The third-order valence-corrected chi connectivity index (χ3v) is 1.69. The molecule has 0 atom stereocenters. The van der Waals surface area contributed by atoms with Gasteiger partial charge in [0.15, 0.2) is 0 Å². The highest BCUT2D eigenvalue weighted by Gasteiger charge is 2.07. The van der Waals surface area contributed by atoms with Crippen LogP contribution < -0.4 is 16.4 Å². The maximum atomic E-state index is 10.9. The molecular formula is C8H12N4O. The number of primary amides is 1. The summed E-state index contributed by atoms with van der Waals surface area (Å²) in [5.41, 5.74) is 6.21. The number of aromatic nitrogens is 1. The topological polar surface area (TPSA) is 80.0 Å². The predicted octanol–water partition coefficient (Wildman–Crippen LogP) is 0.264. The number of rotatable bonds is 3. The minimum absolute atomic E-state index is 0.390. The van der Waals surface area contributed by atoms with Crippen molar-refractivity contribution in [2.75, 3.05) is 24.7 Å². The Kier molecular flexibility index (Phi) is 2.69. The molecule has 0 aliphatic carbocycles. The van der Waals surface area contributed by atoms with E-state index in [1.807, 2.05) is 0 Å². The maximum Gasteiger partial charge on any atom is 0.252 e. The first-order chi connectivity index (χ1) is 6.19. The van der Waals surface area contributed by atoms with Gasteiger partial charge in [-0.15, -0.1) is 0 Å². The van der Waals surface area contributed by atoms with Gasteiger partial charge in [-0.1, -0.05) is 0 Å². The Labute approximate surface area is 76.3 Å². The highest BCUT2D eigenvalue weighted by atomic mass is 16.1. The lowest BCUT2D eigenvalue weighted by atomic mass is 10.2. The molecular weight excluding hydrogens is 168 g/mol. The van der Waals surface area contributed by atoms with E-state index >= 15 is 0 Å². The molecule has 1 rings (SSSR count). The van der Waals surface area contributed by atoms with Crippen molar-refractivity contribution in [1.82, 2.24) is 4.98 Å². The normalized spacial score (nSPS) is 9.38. The zero-order chi connectivity index (χ0) is 9.84. The Hall–Kier alpha value is -1.78. The summed E-state index contributed by atoms with van der Waals surface area (Å²) in [5.74, 6) is 0.203. The summed E-state index contributed by atoms with van der Waals surface area (Å²) in [7, 11) is 3.48. The largest absolute Gasteiger partial charge is 0.387 e. The van der Waals surface area contributed by atoms with E-state index in [2.05, 4.69) is 15.6 Å². The van der Waals surface area contributed by atoms with Gasteiger partial charge in [-0.25, -0.2) is 4.98 Å². The van der Waals surface area contributed by atoms with Crippen molar-refractivity contribution in [2.45, 2.75) is 0 Å². The first-order valence-electron chi connectivity index (χ1n) is 3.84. The number of carbonyl (C=O) groups is 1. The van der Waals surface area contributed by atoms with Crippen LogP contribution in [0.1, 0.15) is 10.4 Å². The second kappa shape index (κ2) is 3.75. The average Bonchev–Trinajstić information content (AvgIpc) is 2.16. The Morgan fingerprint density at radius 1 is 1.46 bits per heavy atom. The number of hydrogen-bond acceptors (Lipinski definition) is 4. The zero-order valence-electron chi connectivity index (χ0n) is 7.59. The quantitative estimate of drug-likeness (QED) is 0.623. The Bertz CT molecular complexity index is 324. The van der Waals surface area contributed by atoms with Crippen LogP contribution in [0, 0.1) is 0 Å². The van der Waals surface area contributed by atoms with Crippen LogP contribution in [0.3, 0.4) is 0 Å². The van der Waals surface area contributed by atoms with Gasteiger partial charge in [0.25, 0.3) is 5.91 Å². The third-order valence-electron chi connectivity index (χ3n) is 1.69. The zero-order valence-corrected chi connectivity index (χ0v) is 7.59.